The molecule has 0 fully saturated rings. The summed E-state index contributed by atoms with van der Waals surface area (Å²) in [5, 5.41) is 2.72. The van der Waals surface area contributed by atoms with Gasteiger partial charge in [-0.3, -0.25) is 18.7 Å². The minimum atomic E-state index is -0.450. The summed E-state index contributed by atoms with van der Waals surface area (Å²) in [7, 11) is 2.95. The predicted molar refractivity (Wildman–Crippen MR) is 101 cm³/mol. The Morgan fingerprint density at radius 3 is 2.86 bits per heavy atom. The molecule has 1 amide bonds. The first-order valence-corrected chi connectivity index (χ1v) is 8.88. The summed E-state index contributed by atoms with van der Waals surface area (Å²) in [4.78, 5) is 43.3. The van der Waals surface area contributed by atoms with Crippen LogP contribution >= 0.6 is 0 Å². The van der Waals surface area contributed by atoms with Crippen LogP contribution in [0.15, 0.2) is 27.8 Å². The standard InChI is InChI=1S/C18H19N5O6/c1-22-16-15(17(25)23(2)18(22)26)20-13(21-16)5-6-19-14(24)8-27-10-3-4-11-12(7-10)29-9-28-11/h3-4,7H,5-6,8-9H2,1-2H3,(H,19,24)(H,20,21). The fourth-order valence-corrected chi connectivity index (χ4v) is 2.98. The molecule has 1 aliphatic heterocycles. The molecule has 152 valence electrons. The highest BCUT2D eigenvalue weighted by Crippen LogP contribution is 2.34. The van der Waals surface area contributed by atoms with Crippen molar-refractivity contribution in [2.45, 2.75) is 6.42 Å². The van der Waals surface area contributed by atoms with Gasteiger partial charge in [0.05, 0.1) is 0 Å². The number of amides is 1. The van der Waals surface area contributed by atoms with E-state index in [1.807, 2.05) is 0 Å². The normalized spacial score (nSPS) is 12.3. The summed E-state index contributed by atoms with van der Waals surface area (Å²) in [5.41, 5.74) is -0.356. The molecule has 0 bridgehead atoms. The number of H-pyrrole nitrogens is 1. The van der Waals surface area contributed by atoms with E-state index in [9.17, 15) is 14.4 Å². The van der Waals surface area contributed by atoms with Gasteiger partial charge in [-0.25, -0.2) is 9.78 Å². The maximum absolute atomic E-state index is 12.2. The predicted octanol–water partition coefficient (Wildman–Crippen LogP) is -0.573. The summed E-state index contributed by atoms with van der Waals surface area (Å²) in [6.45, 7) is 0.299. The van der Waals surface area contributed by atoms with Gasteiger partial charge in [-0.05, 0) is 12.1 Å². The Balaban J connectivity index is 1.32. The molecule has 0 saturated carbocycles. The van der Waals surface area contributed by atoms with Gasteiger partial charge in [0.25, 0.3) is 11.5 Å². The Morgan fingerprint density at radius 1 is 1.24 bits per heavy atom. The number of nitrogens with one attached hydrogen (secondary N) is 2. The van der Waals surface area contributed by atoms with Crippen LogP contribution in [-0.4, -0.2) is 45.0 Å². The summed E-state index contributed by atoms with van der Waals surface area (Å²) in [5.74, 6) is 1.91. The number of carbonyl (C=O) groups is 1. The summed E-state index contributed by atoms with van der Waals surface area (Å²) in [6, 6.07) is 5.07. The van der Waals surface area contributed by atoms with E-state index in [1.165, 1.54) is 11.6 Å². The van der Waals surface area contributed by atoms with Crippen LogP contribution in [-0.2, 0) is 25.3 Å². The smallest absolute Gasteiger partial charge is 0.332 e. The SMILES string of the molecule is Cn1c(=O)c2[nH]c(CCNC(=O)COc3ccc4c(c3)OCO4)nc2n(C)c1=O. The number of fused-ring (bicyclic) bond motifs is 2. The third-order valence-electron chi connectivity index (χ3n) is 4.54. The largest absolute Gasteiger partial charge is 0.484 e. The summed E-state index contributed by atoms with van der Waals surface area (Å²) >= 11 is 0. The lowest BCUT2D eigenvalue weighted by Gasteiger charge is -2.07. The van der Waals surface area contributed by atoms with Gasteiger partial charge in [0.15, 0.2) is 23.8 Å². The molecular weight excluding hydrogens is 382 g/mol. The fourth-order valence-electron chi connectivity index (χ4n) is 2.98. The molecule has 1 aromatic carbocycles. The number of rotatable bonds is 6. The number of aromatic amines is 1. The Bertz CT molecular complexity index is 1210. The maximum atomic E-state index is 12.2. The van der Waals surface area contributed by atoms with E-state index in [2.05, 4.69) is 15.3 Å². The Labute approximate surface area is 163 Å². The van der Waals surface area contributed by atoms with Crippen LogP contribution in [0, 0.1) is 0 Å². The van der Waals surface area contributed by atoms with E-state index in [0.29, 0.717) is 29.5 Å². The van der Waals surface area contributed by atoms with Crippen molar-refractivity contribution in [1.82, 2.24) is 24.4 Å². The number of hydrogen-bond donors (Lipinski definition) is 2. The molecule has 0 radical (unpaired) electrons. The molecule has 29 heavy (non-hydrogen) atoms. The van der Waals surface area contributed by atoms with Gasteiger partial charge in [-0.1, -0.05) is 0 Å². The number of nitrogens with zero attached hydrogens (tertiary/aromatic N) is 3. The van der Waals surface area contributed by atoms with Gasteiger partial charge >= 0.3 is 5.69 Å². The third kappa shape index (κ3) is 3.53. The van der Waals surface area contributed by atoms with Gasteiger partial charge in [-0.2, -0.15) is 0 Å². The van der Waals surface area contributed by atoms with Gasteiger partial charge in [-0.15, -0.1) is 0 Å². The molecule has 0 spiro atoms. The van der Waals surface area contributed by atoms with E-state index in [4.69, 9.17) is 14.2 Å². The average molecular weight is 401 g/mol. The molecule has 2 N–H and O–H groups in total. The van der Waals surface area contributed by atoms with Crippen molar-refractivity contribution < 1.29 is 19.0 Å². The van der Waals surface area contributed by atoms with Gasteiger partial charge < -0.3 is 24.5 Å². The number of aryl methyl sites for hydroxylation is 1. The third-order valence-corrected chi connectivity index (χ3v) is 4.54. The second-order valence-corrected chi connectivity index (χ2v) is 6.49. The van der Waals surface area contributed by atoms with Crippen molar-refractivity contribution in [3.8, 4) is 17.2 Å². The maximum Gasteiger partial charge on any atom is 0.332 e. The molecule has 2 aromatic heterocycles. The monoisotopic (exact) mass is 401 g/mol. The van der Waals surface area contributed by atoms with Gasteiger partial charge in [0, 0.05) is 33.1 Å². The highest BCUT2D eigenvalue weighted by atomic mass is 16.7. The fraction of sp³-hybridized carbons (Fsp3) is 0.333. The zero-order chi connectivity index (χ0) is 20.5. The molecule has 0 atom stereocenters. The molecule has 11 heteroatoms. The molecule has 3 heterocycles. The molecule has 11 nitrogen and oxygen atoms in total. The minimum absolute atomic E-state index is 0.158. The molecule has 0 aliphatic carbocycles. The molecular formula is C18H19N5O6. The lowest BCUT2D eigenvalue weighted by molar-refractivity contribution is -0.123. The van der Waals surface area contributed by atoms with Crippen molar-refractivity contribution in [3.05, 3.63) is 44.9 Å². The topological polar surface area (TPSA) is 129 Å². The van der Waals surface area contributed by atoms with Gasteiger partial charge in [0.1, 0.15) is 17.1 Å². The van der Waals surface area contributed by atoms with E-state index >= 15 is 0 Å². The first-order valence-electron chi connectivity index (χ1n) is 8.88. The highest BCUT2D eigenvalue weighted by molar-refractivity contribution is 5.77. The minimum Gasteiger partial charge on any atom is -0.484 e. The number of aromatic nitrogens is 4. The van der Waals surface area contributed by atoms with Crippen molar-refractivity contribution in [1.29, 1.82) is 0 Å². The number of benzene rings is 1. The van der Waals surface area contributed by atoms with Crippen LogP contribution in [0.3, 0.4) is 0 Å². The molecule has 4 rings (SSSR count). The van der Waals surface area contributed by atoms with Crippen LogP contribution in [0.4, 0.5) is 0 Å². The Hall–Kier alpha value is -3.76. The van der Waals surface area contributed by atoms with E-state index < -0.39 is 11.2 Å². The van der Waals surface area contributed by atoms with Crippen molar-refractivity contribution in [2.24, 2.45) is 14.1 Å². The van der Waals surface area contributed by atoms with E-state index in [0.717, 1.165) is 4.57 Å². The summed E-state index contributed by atoms with van der Waals surface area (Å²) in [6.07, 6.45) is 0.363. The molecule has 1 aliphatic rings. The number of carbonyl (C=O) groups excluding carboxylic acids is 1. The first-order chi connectivity index (χ1) is 13.9. The van der Waals surface area contributed by atoms with Gasteiger partial charge in [0.2, 0.25) is 6.79 Å². The quantitative estimate of drug-likeness (QED) is 0.566. The second kappa shape index (κ2) is 7.34. The lowest BCUT2D eigenvalue weighted by Crippen LogP contribution is -2.36. The second-order valence-electron chi connectivity index (χ2n) is 6.49. The number of hydrogen-bond acceptors (Lipinski definition) is 7. The average Bonchev–Trinajstić information content (AvgIpc) is 3.36. The number of imidazole rings is 1. The van der Waals surface area contributed by atoms with Crippen LogP contribution < -0.4 is 30.8 Å². The molecule has 0 saturated heterocycles. The first kappa shape index (κ1) is 18.6. The van der Waals surface area contributed by atoms with Crippen molar-refractivity contribution in [2.75, 3.05) is 19.9 Å². The van der Waals surface area contributed by atoms with Crippen molar-refractivity contribution in [3.63, 3.8) is 0 Å². The highest BCUT2D eigenvalue weighted by Gasteiger charge is 2.15. The van der Waals surface area contributed by atoms with Crippen molar-refractivity contribution >= 4 is 17.1 Å². The van der Waals surface area contributed by atoms with Crippen LogP contribution in [0.25, 0.3) is 11.2 Å². The number of ether oxygens (including phenoxy) is 3. The van der Waals surface area contributed by atoms with Crippen LogP contribution in [0.1, 0.15) is 5.82 Å². The molecule has 0 unspecified atom stereocenters. The Kier molecular flexibility index (Phi) is 4.71. The zero-order valence-electron chi connectivity index (χ0n) is 15.9. The van der Waals surface area contributed by atoms with Crippen LogP contribution in [0.2, 0.25) is 0 Å². The van der Waals surface area contributed by atoms with Crippen LogP contribution in [0.5, 0.6) is 17.2 Å². The zero-order valence-corrected chi connectivity index (χ0v) is 15.9. The Morgan fingerprint density at radius 2 is 2.03 bits per heavy atom. The summed E-state index contributed by atoms with van der Waals surface area (Å²) < 4.78 is 18.2. The van der Waals surface area contributed by atoms with E-state index in [-0.39, 0.29) is 37.0 Å². The van der Waals surface area contributed by atoms with E-state index in [1.54, 1.807) is 25.2 Å². The molecule has 3 aromatic rings. The lowest BCUT2D eigenvalue weighted by atomic mass is 10.3.